The Kier molecular flexibility index (Phi) is 5.45. The van der Waals surface area contributed by atoms with Gasteiger partial charge in [0.15, 0.2) is 0 Å². The topological polar surface area (TPSA) is 71.7 Å². The smallest absolute Gasteiger partial charge is 0.241 e. The minimum absolute atomic E-state index is 0.0441. The predicted octanol–water partition coefficient (Wildman–Crippen LogP) is 1.80. The van der Waals surface area contributed by atoms with Crippen LogP contribution in [0.3, 0.4) is 0 Å². The van der Waals surface area contributed by atoms with E-state index in [4.69, 9.17) is 9.15 Å². The first-order valence-electron chi connectivity index (χ1n) is 8.48. The van der Waals surface area contributed by atoms with Gasteiger partial charge in [-0.1, -0.05) is 30.3 Å². The number of morpholine rings is 1. The Hall–Kier alpha value is -2.25. The second-order valence-electron chi connectivity index (χ2n) is 6.36. The van der Waals surface area contributed by atoms with E-state index in [1.807, 2.05) is 37.1 Å². The van der Waals surface area contributed by atoms with Gasteiger partial charge in [0.05, 0.1) is 19.3 Å². The molecule has 1 saturated heterocycles. The number of hydrogen-bond donors (Lipinski definition) is 0. The van der Waals surface area contributed by atoms with Crippen molar-refractivity contribution in [3.63, 3.8) is 0 Å². The molecule has 134 valence electrons. The number of rotatable bonds is 5. The summed E-state index contributed by atoms with van der Waals surface area (Å²) in [5.41, 5.74) is 1.18. The molecule has 7 heteroatoms. The maximum Gasteiger partial charge on any atom is 0.241 e. The normalized spacial score (nSPS) is 19.2. The van der Waals surface area contributed by atoms with Crippen LogP contribution in [-0.2, 0) is 16.1 Å². The number of ether oxygens (including phenoxy) is 1. The minimum atomic E-state index is -0.324. The molecule has 2 heterocycles. The molecule has 0 bridgehead atoms. The first-order valence-corrected chi connectivity index (χ1v) is 8.48. The molecule has 7 nitrogen and oxygen atoms in total. The molecule has 0 N–H and O–H groups in total. The number of nitrogens with zero attached hydrogens (tertiary/aromatic N) is 4. The highest BCUT2D eigenvalue weighted by molar-refractivity contribution is 5.82. The quantitative estimate of drug-likeness (QED) is 0.824. The highest BCUT2D eigenvalue weighted by Gasteiger charge is 2.35. The molecular weight excluding hydrogens is 320 g/mol. The molecule has 1 aromatic heterocycles. The standard InChI is InChI=1S/C18H24N4O3/c1-13(21(3)11-15-7-5-4-6-8-15)18(23)22-9-10-24-12-16(22)17-20-19-14(2)25-17/h4-8,13,16H,9-12H2,1-3H3/t13-,16+/m1/s1. The Morgan fingerprint density at radius 3 is 2.80 bits per heavy atom. The van der Waals surface area contributed by atoms with Crippen LogP contribution in [0.15, 0.2) is 34.7 Å². The lowest BCUT2D eigenvalue weighted by atomic mass is 10.1. The molecule has 1 aliphatic rings. The zero-order valence-electron chi connectivity index (χ0n) is 14.9. The lowest BCUT2D eigenvalue weighted by Crippen LogP contribution is -2.51. The highest BCUT2D eigenvalue weighted by atomic mass is 16.5. The summed E-state index contributed by atoms with van der Waals surface area (Å²) in [5, 5.41) is 7.94. The molecule has 1 aromatic carbocycles. The predicted molar refractivity (Wildman–Crippen MR) is 91.7 cm³/mol. The molecule has 0 saturated carbocycles. The van der Waals surface area contributed by atoms with E-state index in [1.165, 1.54) is 5.56 Å². The van der Waals surface area contributed by atoms with Gasteiger partial charge in [-0.05, 0) is 19.5 Å². The number of benzene rings is 1. The molecule has 0 spiro atoms. The highest BCUT2D eigenvalue weighted by Crippen LogP contribution is 2.24. The van der Waals surface area contributed by atoms with Crippen molar-refractivity contribution in [2.45, 2.75) is 32.5 Å². The van der Waals surface area contributed by atoms with Crippen molar-refractivity contribution in [2.75, 3.05) is 26.8 Å². The summed E-state index contributed by atoms with van der Waals surface area (Å²) in [6.45, 7) is 5.79. The molecule has 0 unspecified atom stereocenters. The van der Waals surface area contributed by atoms with Crippen LogP contribution in [0.2, 0.25) is 0 Å². The number of carbonyl (C=O) groups excluding carboxylic acids is 1. The van der Waals surface area contributed by atoms with Crippen LogP contribution in [0.25, 0.3) is 0 Å². The Morgan fingerprint density at radius 2 is 2.12 bits per heavy atom. The molecule has 1 amide bonds. The van der Waals surface area contributed by atoms with Crippen LogP contribution in [0.1, 0.15) is 30.3 Å². The van der Waals surface area contributed by atoms with E-state index in [-0.39, 0.29) is 18.0 Å². The lowest BCUT2D eigenvalue weighted by Gasteiger charge is -2.37. The third-order valence-corrected chi connectivity index (χ3v) is 4.53. The summed E-state index contributed by atoms with van der Waals surface area (Å²) in [6, 6.07) is 9.54. The van der Waals surface area contributed by atoms with Crippen molar-refractivity contribution in [1.29, 1.82) is 0 Å². The van der Waals surface area contributed by atoms with Crippen LogP contribution in [-0.4, -0.2) is 58.8 Å². The van der Waals surface area contributed by atoms with Gasteiger partial charge in [-0.15, -0.1) is 10.2 Å². The van der Waals surface area contributed by atoms with E-state index in [0.29, 0.717) is 38.1 Å². The van der Waals surface area contributed by atoms with E-state index in [9.17, 15) is 4.79 Å². The third-order valence-electron chi connectivity index (χ3n) is 4.53. The second-order valence-corrected chi connectivity index (χ2v) is 6.36. The van der Waals surface area contributed by atoms with E-state index < -0.39 is 0 Å². The van der Waals surface area contributed by atoms with Crippen LogP contribution in [0.5, 0.6) is 0 Å². The van der Waals surface area contributed by atoms with Gasteiger partial charge >= 0.3 is 0 Å². The van der Waals surface area contributed by atoms with Crippen molar-refractivity contribution < 1.29 is 13.9 Å². The summed E-state index contributed by atoms with van der Waals surface area (Å²) in [5.74, 6) is 0.966. The third kappa shape index (κ3) is 4.05. The van der Waals surface area contributed by atoms with E-state index in [2.05, 4.69) is 22.3 Å². The van der Waals surface area contributed by atoms with Crippen molar-refractivity contribution in [3.8, 4) is 0 Å². The Balaban J connectivity index is 1.70. The van der Waals surface area contributed by atoms with Crippen molar-refractivity contribution >= 4 is 5.91 Å². The fourth-order valence-electron chi connectivity index (χ4n) is 2.96. The van der Waals surface area contributed by atoms with Gasteiger partial charge in [-0.3, -0.25) is 9.69 Å². The fourth-order valence-corrected chi connectivity index (χ4v) is 2.96. The van der Waals surface area contributed by atoms with Crippen LogP contribution in [0, 0.1) is 6.92 Å². The molecule has 3 rings (SSSR count). The van der Waals surface area contributed by atoms with Gasteiger partial charge < -0.3 is 14.1 Å². The summed E-state index contributed by atoms with van der Waals surface area (Å²) in [7, 11) is 1.96. The first-order chi connectivity index (χ1) is 12.1. The Labute approximate surface area is 147 Å². The SMILES string of the molecule is Cc1nnc([C@@H]2COCCN2C(=O)[C@@H](C)N(C)Cc2ccccc2)o1. The second kappa shape index (κ2) is 7.76. The average Bonchev–Trinajstić information content (AvgIpc) is 3.07. The maximum atomic E-state index is 13.1. The molecule has 1 fully saturated rings. The van der Waals surface area contributed by atoms with E-state index in [0.717, 1.165) is 0 Å². The van der Waals surface area contributed by atoms with E-state index in [1.54, 1.807) is 11.8 Å². The first kappa shape index (κ1) is 17.6. The van der Waals surface area contributed by atoms with Crippen LogP contribution >= 0.6 is 0 Å². The largest absolute Gasteiger partial charge is 0.423 e. The van der Waals surface area contributed by atoms with Crippen molar-refractivity contribution in [1.82, 2.24) is 20.0 Å². The molecular formula is C18H24N4O3. The molecule has 0 radical (unpaired) electrons. The summed E-state index contributed by atoms with van der Waals surface area (Å²) in [4.78, 5) is 16.9. The van der Waals surface area contributed by atoms with Gasteiger partial charge in [-0.2, -0.15) is 0 Å². The maximum absolute atomic E-state index is 13.1. The monoisotopic (exact) mass is 344 g/mol. The molecule has 2 atom stereocenters. The zero-order valence-corrected chi connectivity index (χ0v) is 14.9. The van der Waals surface area contributed by atoms with Crippen molar-refractivity contribution in [2.24, 2.45) is 0 Å². The zero-order chi connectivity index (χ0) is 17.8. The number of aryl methyl sites for hydroxylation is 1. The number of aromatic nitrogens is 2. The van der Waals surface area contributed by atoms with Crippen molar-refractivity contribution in [3.05, 3.63) is 47.7 Å². The van der Waals surface area contributed by atoms with Gasteiger partial charge in [0.1, 0.15) is 6.04 Å². The fraction of sp³-hybridized carbons (Fsp3) is 0.500. The summed E-state index contributed by atoms with van der Waals surface area (Å²) >= 11 is 0. The summed E-state index contributed by atoms with van der Waals surface area (Å²) in [6.07, 6.45) is 0. The minimum Gasteiger partial charge on any atom is -0.423 e. The van der Waals surface area contributed by atoms with Gasteiger partial charge in [0.2, 0.25) is 17.7 Å². The number of likely N-dealkylation sites (N-methyl/N-ethyl adjacent to an activating group) is 1. The summed E-state index contributed by atoms with van der Waals surface area (Å²) < 4.78 is 11.1. The number of hydrogen-bond acceptors (Lipinski definition) is 6. The van der Waals surface area contributed by atoms with Gasteiger partial charge in [-0.25, -0.2) is 0 Å². The van der Waals surface area contributed by atoms with E-state index >= 15 is 0 Å². The molecule has 25 heavy (non-hydrogen) atoms. The Bertz CT molecular complexity index is 703. The van der Waals surface area contributed by atoms with Crippen LogP contribution < -0.4 is 0 Å². The molecule has 0 aliphatic carbocycles. The van der Waals surface area contributed by atoms with Crippen LogP contribution in [0.4, 0.5) is 0 Å². The number of carbonyl (C=O) groups is 1. The Morgan fingerprint density at radius 1 is 1.36 bits per heavy atom. The van der Waals surface area contributed by atoms with Gasteiger partial charge in [0.25, 0.3) is 0 Å². The molecule has 1 aliphatic heterocycles. The van der Waals surface area contributed by atoms with Gasteiger partial charge in [0, 0.05) is 20.0 Å². The molecule has 2 aromatic rings. The number of amides is 1. The average molecular weight is 344 g/mol. The lowest BCUT2D eigenvalue weighted by molar-refractivity contribution is -0.146.